The SMILES string of the molecule is O=C(O)Cc1ccc(CNc2cccc(-c3nc4c(C(F)(F)F)cccc4cc3C(=O)c3ccccc3)c2)cc1. The maximum absolute atomic E-state index is 13.8. The highest BCUT2D eigenvalue weighted by atomic mass is 19.4. The summed E-state index contributed by atoms with van der Waals surface area (Å²) in [6.07, 6.45) is -4.67. The number of carbonyl (C=O) groups excluding carboxylic acids is 1. The van der Waals surface area contributed by atoms with Gasteiger partial charge in [0.2, 0.25) is 0 Å². The number of carboxylic acid groups (broad SMARTS) is 1. The van der Waals surface area contributed by atoms with E-state index in [0.29, 0.717) is 28.9 Å². The van der Waals surface area contributed by atoms with Crippen LogP contribution in [0.15, 0.2) is 103 Å². The number of carboxylic acids is 1. The zero-order chi connectivity index (χ0) is 28.3. The number of alkyl halides is 3. The number of hydrogen-bond donors (Lipinski definition) is 2. The number of anilines is 1. The fraction of sp³-hybridized carbons (Fsp3) is 0.0938. The number of hydrogen-bond acceptors (Lipinski definition) is 4. The molecule has 0 saturated carbocycles. The minimum atomic E-state index is -4.61. The summed E-state index contributed by atoms with van der Waals surface area (Å²) in [4.78, 5) is 28.9. The standard InChI is InChI=1S/C32H23F3N2O3/c33-32(34,35)27-11-5-9-24-18-26(31(40)22-6-2-1-3-7-22)29(37-30(24)27)23-8-4-10-25(17-23)36-19-21-14-12-20(13-15-21)16-28(38)39/h1-15,17-18,36H,16,19H2,(H,38,39). The third-order valence-corrected chi connectivity index (χ3v) is 6.44. The van der Waals surface area contributed by atoms with E-state index in [0.717, 1.165) is 11.6 Å². The molecule has 5 nitrogen and oxygen atoms in total. The highest BCUT2D eigenvalue weighted by Crippen LogP contribution is 2.37. The summed E-state index contributed by atoms with van der Waals surface area (Å²) in [5, 5.41) is 12.4. The molecule has 0 fully saturated rings. The van der Waals surface area contributed by atoms with Gasteiger partial charge in [-0.1, -0.05) is 78.9 Å². The van der Waals surface area contributed by atoms with Crippen molar-refractivity contribution in [2.24, 2.45) is 0 Å². The molecule has 0 saturated heterocycles. The second-order valence-electron chi connectivity index (χ2n) is 9.28. The molecule has 0 radical (unpaired) electrons. The summed E-state index contributed by atoms with van der Waals surface area (Å²) in [5.41, 5.74) is 2.42. The van der Waals surface area contributed by atoms with Crippen molar-refractivity contribution in [3.8, 4) is 11.3 Å². The van der Waals surface area contributed by atoms with Gasteiger partial charge in [-0.15, -0.1) is 0 Å². The Kier molecular flexibility index (Phi) is 7.33. The smallest absolute Gasteiger partial charge is 0.418 e. The minimum Gasteiger partial charge on any atom is -0.481 e. The zero-order valence-electron chi connectivity index (χ0n) is 21.1. The molecule has 0 aliphatic rings. The van der Waals surface area contributed by atoms with Crippen LogP contribution in [0.2, 0.25) is 0 Å². The average Bonchev–Trinajstić information content (AvgIpc) is 2.95. The summed E-state index contributed by atoms with van der Waals surface area (Å²) in [6, 6.07) is 28.0. The van der Waals surface area contributed by atoms with Gasteiger partial charge in [0.05, 0.1) is 23.2 Å². The summed E-state index contributed by atoms with van der Waals surface area (Å²) in [5.74, 6) is -1.25. The van der Waals surface area contributed by atoms with Gasteiger partial charge in [0.1, 0.15) is 0 Å². The van der Waals surface area contributed by atoms with E-state index in [-0.39, 0.29) is 34.4 Å². The van der Waals surface area contributed by atoms with Crippen molar-refractivity contribution in [1.29, 1.82) is 0 Å². The van der Waals surface area contributed by atoms with E-state index < -0.39 is 17.7 Å². The third kappa shape index (κ3) is 5.86. The van der Waals surface area contributed by atoms with E-state index >= 15 is 0 Å². The van der Waals surface area contributed by atoms with Crippen molar-refractivity contribution in [1.82, 2.24) is 4.98 Å². The largest absolute Gasteiger partial charge is 0.481 e. The molecule has 5 rings (SSSR count). The van der Waals surface area contributed by atoms with Crippen molar-refractivity contribution in [2.45, 2.75) is 19.1 Å². The highest BCUT2D eigenvalue weighted by molar-refractivity contribution is 6.14. The number of benzene rings is 4. The van der Waals surface area contributed by atoms with Crippen LogP contribution in [0, 0.1) is 0 Å². The number of rotatable bonds is 8. The molecule has 4 aromatic carbocycles. The molecule has 8 heteroatoms. The molecular formula is C32H23F3N2O3. The quantitative estimate of drug-likeness (QED) is 0.201. The lowest BCUT2D eigenvalue weighted by Gasteiger charge is -2.15. The van der Waals surface area contributed by atoms with Crippen LogP contribution in [0.3, 0.4) is 0 Å². The monoisotopic (exact) mass is 540 g/mol. The Morgan fingerprint density at radius 2 is 1.50 bits per heavy atom. The molecule has 5 aromatic rings. The van der Waals surface area contributed by atoms with Gasteiger partial charge in [0, 0.05) is 34.3 Å². The number of aliphatic carboxylic acids is 1. The topological polar surface area (TPSA) is 79.3 Å². The van der Waals surface area contributed by atoms with Crippen LogP contribution in [-0.4, -0.2) is 21.8 Å². The molecule has 0 aliphatic carbocycles. The molecular weight excluding hydrogens is 517 g/mol. The van der Waals surface area contributed by atoms with Gasteiger partial charge >= 0.3 is 12.1 Å². The third-order valence-electron chi connectivity index (χ3n) is 6.44. The maximum Gasteiger partial charge on any atom is 0.418 e. The van der Waals surface area contributed by atoms with Gasteiger partial charge in [-0.2, -0.15) is 13.2 Å². The van der Waals surface area contributed by atoms with Crippen LogP contribution in [0.5, 0.6) is 0 Å². The first-order chi connectivity index (χ1) is 19.2. The lowest BCUT2D eigenvalue weighted by Crippen LogP contribution is -2.10. The molecule has 40 heavy (non-hydrogen) atoms. The summed E-state index contributed by atoms with van der Waals surface area (Å²) in [6.45, 7) is 0.427. The lowest BCUT2D eigenvalue weighted by atomic mass is 9.95. The number of aromatic nitrogens is 1. The van der Waals surface area contributed by atoms with E-state index in [2.05, 4.69) is 10.3 Å². The second-order valence-corrected chi connectivity index (χ2v) is 9.28. The van der Waals surface area contributed by atoms with Crippen molar-refractivity contribution in [2.75, 3.05) is 5.32 Å². The zero-order valence-corrected chi connectivity index (χ0v) is 21.1. The summed E-state index contributed by atoms with van der Waals surface area (Å²) >= 11 is 0. The van der Waals surface area contributed by atoms with Gasteiger partial charge in [-0.25, -0.2) is 4.98 Å². The van der Waals surface area contributed by atoms with Crippen LogP contribution >= 0.6 is 0 Å². The Morgan fingerprint density at radius 3 is 2.20 bits per heavy atom. The number of para-hydroxylation sites is 1. The van der Waals surface area contributed by atoms with Gasteiger partial charge in [-0.3, -0.25) is 9.59 Å². The van der Waals surface area contributed by atoms with Gasteiger partial charge in [-0.05, 0) is 35.4 Å². The summed E-state index contributed by atoms with van der Waals surface area (Å²) < 4.78 is 41.5. The number of pyridine rings is 1. The molecule has 0 atom stereocenters. The predicted molar refractivity (Wildman–Crippen MR) is 147 cm³/mol. The minimum absolute atomic E-state index is 0.0609. The second kappa shape index (κ2) is 11.0. The van der Waals surface area contributed by atoms with Crippen LogP contribution in [-0.2, 0) is 23.9 Å². The molecule has 1 aromatic heterocycles. The average molecular weight is 541 g/mol. The van der Waals surface area contributed by atoms with Gasteiger partial charge < -0.3 is 10.4 Å². The van der Waals surface area contributed by atoms with Crippen molar-refractivity contribution < 1.29 is 27.9 Å². The molecule has 1 heterocycles. The lowest BCUT2D eigenvalue weighted by molar-refractivity contribution is -0.137. The number of fused-ring (bicyclic) bond motifs is 1. The number of carbonyl (C=O) groups is 2. The molecule has 0 spiro atoms. The van der Waals surface area contributed by atoms with Gasteiger partial charge in [0.25, 0.3) is 0 Å². The molecule has 0 aliphatic heterocycles. The van der Waals surface area contributed by atoms with Crippen LogP contribution < -0.4 is 5.32 Å². The Balaban J connectivity index is 1.54. The normalized spacial score (nSPS) is 11.4. The Bertz CT molecular complexity index is 1700. The summed E-state index contributed by atoms with van der Waals surface area (Å²) in [7, 11) is 0. The first-order valence-electron chi connectivity index (χ1n) is 12.4. The molecule has 0 amide bonds. The van der Waals surface area contributed by atoms with Crippen molar-refractivity contribution in [3.63, 3.8) is 0 Å². The molecule has 200 valence electrons. The first-order valence-corrected chi connectivity index (χ1v) is 12.4. The van der Waals surface area contributed by atoms with Crippen molar-refractivity contribution >= 4 is 28.3 Å². The molecule has 2 N–H and O–H groups in total. The Hall–Kier alpha value is -4.98. The number of halogens is 3. The fourth-order valence-corrected chi connectivity index (χ4v) is 4.50. The van der Waals surface area contributed by atoms with E-state index in [4.69, 9.17) is 5.11 Å². The van der Waals surface area contributed by atoms with Crippen molar-refractivity contribution in [3.05, 3.63) is 131 Å². The van der Waals surface area contributed by atoms with Gasteiger partial charge in [0.15, 0.2) is 5.78 Å². The molecule has 0 bridgehead atoms. The first kappa shape index (κ1) is 26.6. The van der Waals surface area contributed by atoms with Crippen LogP contribution in [0.1, 0.15) is 32.6 Å². The number of nitrogens with one attached hydrogen (secondary N) is 1. The fourth-order valence-electron chi connectivity index (χ4n) is 4.50. The maximum atomic E-state index is 13.8. The van der Waals surface area contributed by atoms with E-state index in [9.17, 15) is 22.8 Å². The van der Waals surface area contributed by atoms with E-state index in [1.54, 1.807) is 60.7 Å². The van der Waals surface area contributed by atoms with Crippen LogP contribution in [0.25, 0.3) is 22.2 Å². The van der Waals surface area contributed by atoms with E-state index in [1.165, 1.54) is 18.2 Å². The highest BCUT2D eigenvalue weighted by Gasteiger charge is 2.33. The van der Waals surface area contributed by atoms with E-state index in [1.807, 2.05) is 18.2 Å². The number of nitrogens with zero attached hydrogens (tertiary/aromatic N) is 1. The van der Waals surface area contributed by atoms with Crippen LogP contribution in [0.4, 0.5) is 18.9 Å². The Morgan fingerprint density at radius 1 is 0.800 bits per heavy atom. The Labute approximate surface area is 227 Å². The predicted octanol–water partition coefficient (Wildman–Crippen LogP) is 7.39. The molecule has 0 unspecified atom stereocenters. The number of ketones is 1.